The quantitative estimate of drug-likeness (QED) is 0.350. The fourth-order valence-electron chi connectivity index (χ4n) is 0.592. The van der Waals surface area contributed by atoms with E-state index in [4.69, 9.17) is 5.73 Å². The van der Waals surface area contributed by atoms with Crippen LogP contribution >= 0.6 is 0 Å². The van der Waals surface area contributed by atoms with Crippen molar-refractivity contribution in [1.29, 1.82) is 0 Å². The second-order valence-electron chi connectivity index (χ2n) is 1.74. The molecule has 0 aromatic heterocycles. The number of nitrogens with zero attached hydrogens (tertiary/aromatic N) is 1. The van der Waals surface area contributed by atoms with Gasteiger partial charge >= 0.3 is 0 Å². The number of rotatable bonds is 1. The van der Waals surface area contributed by atoms with Gasteiger partial charge in [0, 0.05) is 37.6 Å². The van der Waals surface area contributed by atoms with Crippen LogP contribution in [0.3, 0.4) is 0 Å². The summed E-state index contributed by atoms with van der Waals surface area (Å²) in [5.41, 5.74) is 5.34. The Morgan fingerprint density at radius 2 is 2.17 bits per heavy atom. The Hall–Kier alpha value is -0.476. The largest absolute Gasteiger partial charge is 0.414 e. The number of nitrogen functional groups attached to an aromatic ring is 1. The van der Waals surface area contributed by atoms with E-state index in [1.807, 2.05) is 0 Å². The van der Waals surface area contributed by atoms with E-state index in [-0.39, 0.29) is 51.5 Å². The number of hydrogen-bond donors (Lipinski definition) is 1. The zero-order valence-corrected chi connectivity index (χ0v) is 9.49. The third kappa shape index (κ3) is 3.28. The van der Waals surface area contributed by atoms with Crippen LogP contribution in [0.25, 0.3) is 0 Å². The fourth-order valence-corrected chi connectivity index (χ4v) is 0.592. The van der Waals surface area contributed by atoms with Crippen molar-refractivity contribution in [2.75, 3.05) is 5.73 Å². The van der Waals surface area contributed by atoms with Gasteiger partial charge in [0.1, 0.15) is 0 Å². The molecule has 1 rings (SSSR count). The number of nitro groups is 1. The van der Waals surface area contributed by atoms with Crippen LogP contribution < -0.4 is 5.73 Å². The van der Waals surface area contributed by atoms with Gasteiger partial charge in [0.05, 0.1) is 0 Å². The number of anilines is 1. The van der Waals surface area contributed by atoms with Crippen LogP contribution in [0.5, 0.6) is 0 Å². The Morgan fingerprint density at radius 3 is 2.50 bits per heavy atom. The maximum absolute atomic E-state index is 10.1. The van der Waals surface area contributed by atoms with Crippen LogP contribution in [0.1, 0.15) is 0 Å². The molecule has 0 atom stereocenters. The van der Waals surface area contributed by atoms with E-state index < -0.39 is 4.92 Å². The normalized spacial score (nSPS) is 7.67. The molecule has 1 radical (unpaired) electrons. The number of hydrogen-bond acceptors (Lipinski definition) is 3. The van der Waals surface area contributed by atoms with Gasteiger partial charge in [-0.25, -0.2) is 0 Å². The zero-order valence-electron chi connectivity index (χ0n) is 6.65. The molecule has 0 saturated carbocycles. The van der Waals surface area contributed by atoms with Crippen LogP contribution in [0, 0.1) is 23.6 Å². The average Bonchev–Trinajstić information content (AvgIpc) is 1.88. The molecule has 0 spiro atoms. The molecule has 0 aliphatic heterocycles. The van der Waals surface area contributed by atoms with Crippen molar-refractivity contribution < 1.29 is 37.6 Å². The molecule has 63 valence electrons. The van der Waals surface area contributed by atoms with E-state index in [9.17, 15) is 10.1 Å². The summed E-state index contributed by atoms with van der Waals surface area (Å²) in [4.78, 5) is 9.59. The maximum Gasteiger partial charge on any atom is 0.184 e. The van der Waals surface area contributed by atoms with Gasteiger partial charge in [0.25, 0.3) is 0 Å². The predicted octanol–water partition coefficient (Wildman–Crippen LogP) is 1.42. The first kappa shape index (κ1) is 14.1. The molecule has 0 amide bonds. The van der Waals surface area contributed by atoms with Gasteiger partial charge in [-0.15, -0.1) is 6.07 Å². The monoisotopic (exact) mass is 241 g/mol. The van der Waals surface area contributed by atoms with Gasteiger partial charge in [0.2, 0.25) is 0 Å². The fraction of sp³-hybridized carbons (Fsp3) is 0. The molecule has 5 heteroatoms. The van der Waals surface area contributed by atoms with Crippen molar-refractivity contribution in [3.05, 3.63) is 41.8 Å². The standard InChI is InChI=1S/C6H5N2O2.CH3.Y/c7-5-3-1-2-4-6(5)8(9)10;;/h1,3-4H,7H2;1H3;/q2*-1;. The summed E-state index contributed by atoms with van der Waals surface area (Å²) in [7, 11) is 0. The molecule has 0 heterocycles. The molecule has 12 heavy (non-hydrogen) atoms. The minimum Gasteiger partial charge on any atom is -0.414 e. The molecule has 0 saturated heterocycles. The van der Waals surface area contributed by atoms with Gasteiger partial charge in [-0.3, -0.25) is 10.1 Å². The summed E-state index contributed by atoms with van der Waals surface area (Å²) in [5.74, 6) is 0. The summed E-state index contributed by atoms with van der Waals surface area (Å²) in [6, 6.07) is 6.78. The first-order valence-electron chi connectivity index (χ1n) is 2.62. The first-order chi connectivity index (χ1) is 4.72. The van der Waals surface area contributed by atoms with E-state index in [0.29, 0.717) is 0 Å². The Bertz CT molecular complexity index is 265. The van der Waals surface area contributed by atoms with Gasteiger partial charge in [-0.2, -0.15) is 12.1 Å². The van der Waals surface area contributed by atoms with Gasteiger partial charge in [-0.05, 0) is 5.69 Å². The van der Waals surface area contributed by atoms with E-state index in [2.05, 4.69) is 6.07 Å². The second-order valence-corrected chi connectivity index (χ2v) is 1.74. The molecular weight excluding hydrogens is 233 g/mol. The van der Waals surface area contributed by atoms with Crippen molar-refractivity contribution >= 4 is 11.4 Å². The third-order valence-corrected chi connectivity index (χ3v) is 1.07. The second kappa shape index (κ2) is 6.09. The first-order valence-corrected chi connectivity index (χ1v) is 2.62. The van der Waals surface area contributed by atoms with Crippen LogP contribution in [-0.2, 0) is 32.7 Å². The van der Waals surface area contributed by atoms with Crippen LogP contribution in [0.2, 0.25) is 0 Å². The summed E-state index contributed by atoms with van der Waals surface area (Å²) in [5, 5.41) is 10.1. The third-order valence-electron chi connectivity index (χ3n) is 1.07. The van der Waals surface area contributed by atoms with Crippen LogP contribution in [0.4, 0.5) is 11.4 Å². The van der Waals surface area contributed by atoms with Crippen LogP contribution in [-0.4, -0.2) is 4.92 Å². The summed E-state index contributed by atoms with van der Waals surface area (Å²) < 4.78 is 0. The number of nitro benzene ring substituents is 1. The van der Waals surface area contributed by atoms with Crippen molar-refractivity contribution in [3.63, 3.8) is 0 Å². The van der Waals surface area contributed by atoms with Gasteiger partial charge < -0.3 is 13.2 Å². The zero-order chi connectivity index (χ0) is 7.56. The molecule has 0 aliphatic carbocycles. The Labute approximate surface area is 96.2 Å². The molecule has 0 unspecified atom stereocenters. The SMILES string of the molecule is Nc1cc[c-]cc1[N+](=O)[O-].[CH3-].[Y]. The van der Waals surface area contributed by atoms with E-state index >= 15 is 0 Å². The van der Waals surface area contributed by atoms with Crippen LogP contribution in [0.15, 0.2) is 18.2 Å². The molecule has 0 bridgehead atoms. The molecule has 0 aliphatic rings. The maximum atomic E-state index is 10.1. The van der Waals surface area contributed by atoms with E-state index in [0.717, 1.165) is 0 Å². The minimum atomic E-state index is -0.536. The molecule has 0 fully saturated rings. The van der Waals surface area contributed by atoms with Crippen molar-refractivity contribution in [2.45, 2.75) is 0 Å². The Balaban J connectivity index is 0. The number of benzene rings is 1. The van der Waals surface area contributed by atoms with E-state index in [1.165, 1.54) is 18.2 Å². The van der Waals surface area contributed by atoms with Gasteiger partial charge in [-0.1, -0.05) is 6.07 Å². The van der Waals surface area contributed by atoms with Crippen molar-refractivity contribution in [3.8, 4) is 0 Å². The molecule has 4 nitrogen and oxygen atoms in total. The summed E-state index contributed by atoms with van der Waals surface area (Å²) in [6.45, 7) is 0. The molecule has 2 N–H and O–H groups in total. The number of nitrogens with two attached hydrogens (primary N) is 1. The van der Waals surface area contributed by atoms with Crippen molar-refractivity contribution in [1.82, 2.24) is 0 Å². The smallest absolute Gasteiger partial charge is 0.184 e. The van der Waals surface area contributed by atoms with Crippen molar-refractivity contribution in [2.24, 2.45) is 0 Å². The summed E-state index contributed by atoms with van der Waals surface area (Å²) >= 11 is 0. The predicted molar refractivity (Wildman–Crippen MR) is 42.8 cm³/mol. The Morgan fingerprint density at radius 1 is 1.58 bits per heavy atom. The molecule has 1 aromatic rings. The average molecular weight is 241 g/mol. The topological polar surface area (TPSA) is 69.2 Å². The molecule has 1 aromatic carbocycles. The van der Waals surface area contributed by atoms with Gasteiger partial charge in [0.15, 0.2) is 5.69 Å². The van der Waals surface area contributed by atoms with E-state index in [1.54, 1.807) is 0 Å². The minimum absolute atomic E-state index is 0. The molecular formula is C7H8N2O2Y-2. The Kier molecular flexibility index (Phi) is 7.14. The summed E-state index contributed by atoms with van der Waals surface area (Å²) in [6.07, 6.45) is 0.